The highest BCUT2D eigenvalue weighted by Crippen LogP contribution is 2.22. The molecule has 0 atom stereocenters. The van der Waals surface area contributed by atoms with Gasteiger partial charge in [0.25, 0.3) is 5.91 Å². The molecule has 4 nitrogen and oxygen atoms in total. The second-order valence-electron chi connectivity index (χ2n) is 6.55. The maximum Gasteiger partial charge on any atom is 0.260 e. The lowest BCUT2D eigenvalue weighted by molar-refractivity contribution is -0.134. The molecule has 0 unspecified atom stereocenters. The minimum absolute atomic E-state index is 0.0622. The molecule has 134 valence electrons. The number of rotatable bonds is 5. The normalized spacial score (nSPS) is 14.7. The molecular formula is C21H21FN2O2. The van der Waals surface area contributed by atoms with Crippen molar-refractivity contribution in [2.24, 2.45) is 5.92 Å². The van der Waals surface area contributed by atoms with Crippen LogP contribution < -0.4 is 4.74 Å². The first-order valence-corrected chi connectivity index (χ1v) is 8.80. The van der Waals surface area contributed by atoms with E-state index in [1.807, 2.05) is 6.07 Å². The van der Waals surface area contributed by atoms with Gasteiger partial charge in [-0.05, 0) is 55.0 Å². The van der Waals surface area contributed by atoms with Crippen molar-refractivity contribution >= 4 is 5.91 Å². The summed E-state index contributed by atoms with van der Waals surface area (Å²) in [5.41, 5.74) is 1.43. The Morgan fingerprint density at radius 2 is 1.96 bits per heavy atom. The Morgan fingerprint density at radius 1 is 1.19 bits per heavy atom. The molecule has 0 radical (unpaired) electrons. The fourth-order valence-electron chi connectivity index (χ4n) is 3.30. The Labute approximate surface area is 152 Å². The summed E-state index contributed by atoms with van der Waals surface area (Å²) in [6.45, 7) is 1.30. The number of amides is 1. The molecule has 0 bridgehead atoms. The topological polar surface area (TPSA) is 53.3 Å². The van der Waals surface area contributed by atoms with Gasteiger partial charge in [-0.15, -0.1) is 0 Å². The van der Waals surface area contributed by atoms with Gasteiger partial charge in [-0.1, -0.05) is 24.3 Å². The molecule has 2 aromatic carbocycles. The van der Waals surface area contributed by atoms with Crippen LogP contribution in [0.5, 0.6) is 5.75 Å². The molecule has 2 aromatic rings. The number of carbonyl (C=O) groups excluding carboxylic acids is 1. The monoisotopic (exact) mass is 352 g/mol. The first kappa shape index (κ1) is 17.9. The van der Waals surface area contributed by atoms with Gasteiger partial charge >= 0.3 is 0 Å². The minimum Gasteiger partial charge on any atom is -0.482 e. The van der Waals surface area contributed by atoms with Gasteiger partial charge in [-0.3, -0.25) is 4.79 Å². The van der Waals surface area contributed by atoms with E-state index in [4.69, 9.17) is 10.00 Å². The van der Waals surface area contributed by atoms with Gasteiger partial charge < -0.3 is 9.64 Å². The molecular weight excluding hydrogens is 331 g/mol. The van der Waals surface area contributed by atoms with Crippen LogP contribution >= 0.6 is 0 Å². The molecule has 1 fully saturated rings. The van der Waals surface area contributed by atoms with E-state index in [0.29, 0.717) is 30.3 Å². The van der Waals surface area contributed by atoms with Crippen molar-refractivity contribution in [1.82, 2.24) is 4.90 Å². The zero-order valence-corrected chi connectivity index (χ0v) is 14.5. The number of nitriles is 1. The van der Waals surface area contributed by atoms with Gasteiger partial charge in [0.2, 0.25) is 0 Å². The maximum atomic E-state index is 13.3. The van der Waals surface area contributed by atoms with E-state index in [-0.39, 0.29) is 18.3 Å². The number of hydrogen-bond donors (Lipinski definition) is 0. The Hall–Kier alpha value is -2.87. The van der Waals surface area contributed by atoms with Crippen LogP contribution in [0.3, 0.4) is 0 Å². The number of piperidine rings is 1. The van der Waals surface area contributed by atoms with Crippen LogP contribution in [0.15, 0.2) is 48.5 Å². The van der Waals surface area contributed by atoms with Crippen molar-refractivity contribution in [3.05, 3.63) is 65.5 Å². The molecule has 0 spiro atoms. The fourth-order valence-corrected chi connectivity index (χ4v) is 3.30. The van der Waals surface area contributed by atoms with Crippen LogP contribution in [0.25, 0.3) is 0 Å². The Balaban J connectivity index is 1.47. The van der Waals surface area contributed by atoms with E-state index in [0.717, 1.165) is 24.8 Å². The number of carbonyl (C=O) groups is 1. The zero-order valence-electron chi connectivity index (χ0n) is 14.5. The predicted octanol–water partition coefficient (Wildman–Crippen LogP) is 3.56. The van der Waals surface area contributed by atoms with E-state index >= 15 is 0 Å². The Morgan fingerprint density at radius 3 is 2.69 bits per heavy atom. The number of likely N-dealkylation sites (tertiary alicyclic amines) is 1. The van der Waals surface area contributed by atoms with Gasteiger partial charge in [0.1, 0.15) is 17.6 Å². The smallest absolute Gasteiger partial charge is 0.260 e. The summed E-state index contributed by atoms with van der Waals surface area (Å²) in [6.07, 6.45) is 2.64. The highest BCUT2D eigenvalue weighted by molar-refractivity contribution is 5.78. The molecule has 0 saturated carbocycles. The maximum absolute atomic E-state index is 13.3. The predicted molar refractivity (Wildman–Crippen MR) is 96.1 cm³/mol. The van der Waals surface area contributed by atoms with Crippen molar-refractivity contribution in [2.45, 2.75) is 19.3 Å². The highest BCUT2D eigenvalue weighted by atomic mass is 19.1. The lowest BCUT2D eigenvalue weighted by Gasteiger charge is -2.32. The second-order valence-corrected chi connectivity index (χ2v) is 6.55. The third-order valence-electron chi connectivity index (χ3n) is 4.74. The molecule has 3 rings (SSSR count). The second kappa shape index (κ2) is 8.48. The lowest BCUT2D eigenvalue weighted by Crippen LogP contribution is -2.41. The van der Waals surface area contributed by atoms with Crippen LogP contribution in [0.2, 0.25) is 0 Å². The fraction of sp³-hybridized carbons (Fsp3) is 0.333. The van der Waals surface area contributed by atoms with Gasteiger partial charge in [-0.2, -0.15) is 5.26 Å². The number of ether oxygens (including phenoxy) is 1. The number of nitrogens with zero attached hydrogens (tertiary/aromatic N) is 2. The molecule has 1 aliphatic heterocycles. The van der Waals surface area contributed by atoms with E-state index in [1.165, 1.54) is 6.07 Å². The third-order valence-corrected chi connectivity index (χ3v) is 4.74. The molecule has 1 aliphatic rings. The minimum atomic E-state index is -0.204. The first-order chi connectivity index (χ1) is 12.7. The summed E-state index contributed by atoms with van der Waals surface area (Å²) < 4.78 is 18.8. The van der Waals surface area contributed by atoms with Crippen LogP contribution in [0.4, 0.5) is 4.39 Å². The molecule has 0 aliphatic carbocycles. The molecule has 1 heterocycles. The van der Waals surface area contributed by atoms with E-state index < -0.39 is 0 Å². The zero-order chi connectivity index (χ0) is 18.4. The van der Waals surface area contributed by atoms with Crippen LogP contribution in [-0.2, 0) is 11.2 Å². The summed E-state index contributed by atoms with van der Waals surface area (Å²) in [6, 6.07) is 15.7. The van der Waals surface area contributed by atoms with Crippen molar-refractivity contribution in [1.29, 1.82) is 5.26 Å². The van der Waals surface area contributed by atoms with Crippen molar-refractivity contribution in [3.8, 4) is 11.8 Å². The van der Waals surface area contributed by atoms with E-state index in [9.17, 15) is 9.18 Å². The average Bonchev–Trinajstić information content (AvgIpc) is 2.67. The van der Waals surface area contributed by atoms with Crippen molar-refractivity contribution < 1.29 is 13.9 Å². The van der Waals surface area contributed by atoms with Gasteiger partial charge in [0.15, 0.2) is 6.61 Å². The third kappa shape index (κ3) is 4.60. The quantitative estimate of drug-likeness (QED) is 0.827. The standard InChI is InChI=1S/C21H21FN2O2/c22-19-6-3-4-17(13-19)12-16-8-10-24(11-9-16)21(25)15-26-20-7-2-1-5-18(20)14-23/h1-7,13,16H,8-12,15H2. The van der Waals surface area contributed by atoms with E-state index in [2.05, 4.69) is 6.07 Å². The Kier molecular flexibility index (Phi) is 5.85. The molecule has 26 heavy (non-hydrogen) atoms. The van der Waals surface area contributed by atoms with Crippen LogP contribution in [0, 0.1) is 23.1 Å². The van der Waals surface area contributed by atoms with Crippen molar-refractivity contribution in [3.63, 3.8) is 0 Å². The largest absolute Gasteiger partial charge is 0.482 e. The summed E-state index contributed by atoms with van der Waals surface area (Å²) in [7, 11) is 0. The molecule has 5 heteroatoms. The summed E-state index contributed by atoms with van der Waals surface area (Å²) in [5.74, 6) is 0.622. The summed E-state index contributed by atoms with van der Waals surface area (Å²) in [5, 5.41) is 9.05. The summed E-state index contributed by atoms with van der Waals surface area (Å²) >= 11 is 0. The SMILES string of the molecule is N#Cc1ccccc1OCC(=O)N1CCC(Cc2cccc(F)c2)CC1. The molecule has 0 N–H and O–H groups in total. The van der Waals surface area contributed by atoms with Gasteiger partial charge in [0, 0.05) is 13.1 Å². The molecule has 1 saturated heterocycles. The van der Waals surface area contributed by atoms with Crippen LogP contribution in [0.1, 0.15) is 24.0 Å². The number of hydrogen-bond acceptors (Lipinski definition) is 3. The van der Waals surface area contributed by atoms with Gasteiger partial charge in [-0.25, -0.2) is 4.39 Å². The number of benzene rings is 2. The Bertz CT molecular complexity index is 808. The number of para-hydroxylation sites is 1. The lowest BCUT2D eigenvalue weighted by atomic mass is 9.90. The van der Waals surface area contributed by atoms with Crippen molar-refractivity contribution in [2.75, 3.05) is 19.7 Å². The highest BCUT2D eigenvalue weighted by Gasteiger charge is 2.23. The summed E-state index contributed by atoms with van der Waals surface area (Å²) in [4.78, 5) is 14.2. The van der Waals surface area contributed by atoms with Crippen LogP contribution in [-0.4, -0.2) is 30.5 Å². The average molecular weight is 352 g/mol. The van der Waals surface area contributed by atoms with E-state index in [1.54, 1.807) is 41.3 Å². The molecule has 0 aromatic heterocycles. The molecule has 1 amide bonds. The first-order valence-electron chi connectivity index (χ1n) is 8.80. The van der Waals surface area contributed by atoms with Gasteiger partial charge in [0.05, 0.1) is 5.56 Å². The number of halogens is 1.